The van der Waals surface area contributed by atoms with Gasteiger partial charge in [0.15, 0.2) is 10.6 Å². The van der Waals surface area contributed by atoms with Crippen molar-refractivity contribution < 1.29 is 14.6 Å². The number of aromatic carboxylic acids is 1. The van der Waals surface area contributed by atoms with Crippen LogP contribution in [-0.4, -0.2) is 11.1 Å². The van der Waals surface area contributed by atoms with E-state index >= 15 is 0 Å². The number of thiophene rings is 1. The number of carbonyl (C=O) groups is 1. The molecular weight excluding hydrogens is 298 g/mol. The van der Waals surface area contributed by atoms with Gasteiger partial charge in [-0.15, -0.1) is 11.3 Å². The first-order chi connectivity index (χ1) is 10.7. The lowest BCUT2D eigenvalue weighted by molar-refractivity contribution is 0.0698. The maximum absolute atomic E-state index is 11.4. The lowest BCUT2D eigenvalue weighted by atomic mass is 10.1. The summed E-state index contributed by atoms with van der Waals surface area (Å²) >= 11 is 1.21. The van der Waals surface area contributed by atoms with Crippen LogP contribution in [-0.2, 0) is 6.61 Å². The van der Waals surface area contributed by atoms with E-state index in [1.807, 2.05) is 24.3 Å². The van der Waals surface area contributed by atoms with Crippen LogP contribution in [0.1, 0.15) is 20.8 Å². The van der Waals surface area contributed by atoms with E-state index in [4.69, 9.17) is 10.00 Å². The molecule has 0 fully saturated rings. The Morgan fingerprint density at radius 1 is 1.18 bits per heavy atom. The fourth-order valence-corrected chi connectivity index (χ4v) is 3.12. The van der Waals surface area contributed by atoms with Crippen LogP contribution in [0, 0.1) is 11.3 Å². The lowest BCUT2D eigenvalue weighted by Gasteiger charge is -2.06. The van der Waals surface area contributed by atoms with Gasteiger partial charge in [0.1, 0.15) is 6.61 Å². The van der Waals surface area contributed by atoms with E-state index < -0.39 is 5.97 Å². The highest BCUT2D eigenvalue weighted by Gasteiger charge is 2.19. The average Bonchev–Trinajstić information content (AvgIpc) is 2.92. The highest BCUT2D eigenvalue weighted by molar-refractivity contribution is 7.21. The number of fused-ring (bicyclic) bond motifs is 1. The van der Waals surface area contributed by atoms with Gasteiger partial charge in [-0.05, 0) is 29.8 Å². The normalized spacial score (nSPS) is 10.3. The molecule has 108 valence electrons. The van der Waals surface area contributed by atoms with E-state index in [-0.39, 0.29) is 11.5 Å². The van der Waals surface area contributed by atoms with Gasteiger partial charge in [-0.3, -0.25) is 0 Å². The summed E-state index contributed by atoms with van der Waals surface area (Å²) in [6, 6.07) is 16.5. The Kier molecular flexibility index (Phi) is 3.77. The smallest absolute Gasteiger partial charge is 0.349 e. The molecule has 2 aromatic carbocycles. The third-order valence-electron chi connectivity index (χ3n) is 3.21. The molecule has 0 radical (unpaired) electrons. The topological polar surface area (TPSA) is 70.3 Å². The predicted molar refractivity (Wildman–Crippen MR) is 84.3 cm³/mol. The largest absolute Gasteiger partial charge is 0.486 e. The van der Waals surface area contributed by atoms with Gasteiger partial charge >= 0.3 is 5.97 Å². The van der Waals surface area contributed by atoms with Crippen molar-refractivity contribution in [1.82, 2.24) is 0 Å². The van der Waals surface area contributed by atoms with Crippen LogP contribution in [0.4, 0.5) is 0 Å². The number of ether oxygens (including phenoxy) is 1. The van der Waals surface area contributed by atoms with Gasteiger partial charge in [0, 0.05) is 10.1 Å². The number of benzene rings is 2. The molecule has 0 aliphatic heterocycles. The molecule has 1 N–H and O–H groups in total. The average molecular weight is 309 g/mol. The second kappa shape index (κ2) is 5.88. The quantitative estimate of drug-likeness (QED) is 0.789. The van der Waals surface area contributed by atoms with Gasteiger partial charge in [0.05, 0.1) is 11.6 Å². The SMILES string of the molecule is N#Cc1ccc(COc2c(C(=O)O)sc3ccccc23)cc1. The van der Waals surface area contributed by atoms with E-state index in [0.717, 1.165) is 15.6 Å². The first-order valence-corrected chi connectivity index (χ1v) is 7.37. The van der Waals surface area contributed by atoms with Crippen LogP contribution in [0.5, 0.6) is 5.75 Å². The highest BCUT2D eigenvalue weighted by Crippen LogP contribution is 2.38. The summed E-state index contributed by atoms with van der Waals surface area (Å²) in [5.74, 6) is -0.589. The van der Waals surface area contributed by atoms with Crippen LogP contribution in [0.3, 0.4) is 0 Å². The van der Waals surface area contributed by atoms with Gasteiger partial charge in [0.25, 0.3) is 0 Å². The van der Waals surface area contributed by atoms with Crippen molar-refractivity contribution in [1.29, 1.82) is 5.26 Å². The molecule has 3 rings (SSSR count). The number of hydrogen-bond acceptors (Lipinski definition) is 4. The minimum absolute atomic E-state index is 0.204. The number of nitriles is 1. The molecule has 22 heavy (non-hydrogen) atoms. The van der Waals surface area contributed by atoms with Crippen molar-refractivity contribution in [2.75, 3.05) is 0 Å². The van der Waals surface area contributed by atoms with E-state index in [0.29, 0.717) is 11.3 Å². The molecule has 1 aromatic heterocycles. The highest BCUT2D eigenvalue weighted by atomic mass is 32.1. The molecule has 5 heteroatoms. The minimum atomic E-state index is -0.990. The van der Waals surface area contributed by atoms with Crippen molar-refractivity contribution >= 4 is 27.4 Å². The van der Waals surface area contributed by atoms with E-state index in [1.165, 1.54) is 11.3 Å². The zero-order valence-corrected chi connectivity index (χ0v) is 12.3. The summed E-state index contributed by atoms with van der Waals surface area (Å²) in [7, 11) is 0. The van der Waals surface area contributed by atoms with E-state index in [9.17, 15) is 9.90 Å². The monoisotopic (exact) mass is 309 g/mol. The van der Waals surface area contributed by atoms with E-state index in [2.05, 4.69) is 6.07 Å². The molecular formula is C17H11NO3S. The molecule has 0 saturated carbocycles. The van der Waals surface area contributed by atoms with Gasteiger partial charge in [-0.25, -0.2) is 4.79 Å². The Balaban J connectivity index is 1.90. The molecule has 0 bridgehead atoms. The number of hydrogen-bond donors (Lipinski definition) is 1. The summed E-state index contributed by atoms with van der Waals surface area (Å²) in [6.45, 7) is 0.257. The maximum Gasteiger partial charge on any atom is 0.349 e. The summed E-state index contributed by atoms with van der Waals surface area (Å²) in [6.07, 6.45) is 0. The van der Waals surface area contributed by atoms with Crippen molar-refractivity contribution in [2.24, 2.45) is 0 Å². The van der Waals surface area contributed by atoms with Crippen molar-refractivity contribution in [3.05, 3.63) is 64.5 Å². The van der Waals surface area contributed by atoms with Crippen LogP contribution >= 0.6 is 11.3 Å². The van der Waals surface area contributed by atoms with Gasteiger partial charge in [-0.1, -0.05) is 24.3 Å². The first kappa shape index (κ1) is 14.1. The Labute approximate surface area is 130 Å². The third kappa shape index (κ3) is 2.65. The summed E-state index contributed by atoms with van der Waals surface area (Å²) in [5.41, 5.74) is 1.46. The van der Waals surface area contributed by atoms with Crippen LogP contribution < -0.4 is 4.74 Å². The molecule has 0 spiro atoms. The zero-order valence-electron chi connectivity index (χ0n) is 11.4. The standard InChI is InChI=1S/C17H11NO3S/c18-9-11-5-7-12(8-6-11)10-21-15-13-3-1-2-4-14(13)22-16(15)17(19)20/h1-8H,10H2,(H,19,20). The van der Waals surface area contributed by atoms with Gasteiger partial charge < -0.3 is 9.84 Å². The number of carboxylic acid groups (broad SMARTS) is 1. The summed E-state index contributed by atoms with van der Waals surface area (Å²) in [4.78, 5) is 11.6. The molecule has 0 aliphatic rings. The van der Waals surface area contributed by atoms with Gasteiger partial charge in [0.2, 0.25) is 0 Å². The Morgan fingerprint density at radius 2 is 1.91 bits per heavy atom. The summed E-state index contributed by atoms with van der Waals surface area (Å²) in [5, 5.41) is 18.9. The van der Waals surface area contributed by atoms with Crippen molar-refractivity contribution in [2.45, 2.75) is 6.61 Å². The molecule has 0 aliphatic carbocycles. The molecule has 0 atom stereocenters. The van der Waals surface area contributed by atoms with Crippen LogP contribution in [0.15, 0.2) is 48.5 Å². The Morgan fingerprint density at radius 3 is 2.59 bits per heavy atom. The van der Waals surface area contributed by atoms with Crippen LogP contribution in [0.2, 0.25) is 0 Å². The molecule has 0 saturated heterocycles. The Hall–Kier alpha value is -2.84. The number of rotatable bonds is 4. The molecule has 0 amide bonds. The predicted octanol–water partition coefficient (Wildman–Crippen LogP) is 4.05. The molecule has 3 aromatic rings. The van der Waals surface area contributed by atoms with Gasteiger partial charge in [-0.2, -0.15) is 5.26 Å². The zero-order chi connectivity index (χ0) is 15.5. The molecule has 1 heterocycles. The fourth-order valence-electron chi connectivity index (χ4n) is 2.14. The molecule has 4 nitrogen and oxygen atoms in total. The first-order valence-electron chi connectivity index (χ1n) is 6.55. The lowest BCUT2D eigenvalue weighted by Crippen LogP contribution is -2.00. The number of nitrogens with zero attached hydrogens (tertiary/aromatic N) is 1. The third-order valence-corrected chi connectivity index (χ3v) is 4.35. The second-order valence-electron chi connectivity index (χ2n) is 4.66. The minimum Gasteiger partial charge on any atom is -0.486 e. The van der Waals surface area contributed by atoms with E-state index in [1.54, 1.807) is 24.3 Å². The second-order valence-corrected chi connectivity index (χ2v) is 5.71. The Bertz CT molecular complexity index is 875. The number of carboxylic acids is 1. The van der Waals surface area contributed by atoms with Crippen LogP contribution in [0.25, 0.3) is 10.1 Å². The fraction of sp³-hybridized carbons (Fsp3) is 0.0588. The molecule has 0 unspecified atom stereocenters. The maximum atomic E-state index is 11.4. The van der Waals surface area contributed by atoms with Crippen molar-refractivity contribution in [3.8, 4) is 11.8 Å². The van der Waals surface area contributed by atoms with Crippen molar-refractivity contribution in [3.63, 3.8) is 0 Å². The summed E-state index contributed by atoms with van der Waals surface area (Å²) < 4.78 is 6.64.